The van der Waals surface area contributed by atoms with Gasteiger partial charge in [-0.3, -0.25) is 4.79 Å². The molecule has 7 nitrogen and oxygen atoms in total. The maximum absolute atomic E-state index is 13.6. The molecule has 30 heavy (non-hydrogen) atoms. The molecule has 1 aromatic carbocycles. The van der Waals surface area contributed by atoms with E-state index in [0.717, 1.165) is 11.6 Å². The van der Waals surface area contributed by atoms with E-state index >= 15 is 0 Å². The van der Waals surface area contributed by atoms with Crippen molar-refractivity contribution in [3.8, 4) is 17.2 Å². The standard InChI is InChI=1S/C20H15F3N4O3/c1-29-13-6-4-12(5-7-13)11-24-19(28)15-10-18-25-14(16-3-2-8-30-16)9-17(20(21,22)23)27(18)26-15/h2-10H,11H2,1H3,(H,24,28). The first-order valence-corrected chi connectivity index (χ1v) is 8.78. The van der Waals surface area contributed by atoms with Crippen molar-refractivity contribution in [2.75, 3.05) is 7.11 Å². The summed E-state index contributed by atoms with van der Waals surface area (Å²) in [6.45, 7) is 0.175. The van der Waals surface area contributed by atoms with Crippen molar-refractivity contribution < 1.29 is 27.1 Å². The molecule has 10 heteroatoms. The van der Waals surface area contributed by atoms with Gasteiger partial charge in [-0.25, -0.2) is 9.50 Å². The Morgan fingerprint density at radius 2 is 1.97 bits per heavy atom. The molecular weight excluding hydrogens is 401 g/mol. The summed E-state index contributed by atoms with van der Waals surface area (Å²) in [5, 5.41) is 6.44. The van der Waals surface area contributed by atoms with Crippen molar-refractivity contribution in [1.82, 2.24) is 19.9 Å². The number of carbonyl (C=O) groups is 1. The highest BCUT2D eigenvalue weighted by Gasteiger charge is 2.36. The number of nitrogens with zero attached hydrogens (tertiary/aromatic N) is 3. The smallest absolute Gasteiger partial charge is 0.433 e. The number of rotatable bonds is 5. The summed E-state index contributed by atoms with van der Waals surface area (Å²) in [7, 11) is 1.54. The topological polar surface area (TPSA) is 81.7 Å². The number of ether oxygens (including phenoxy) is 1. The van der Waals surface area contributed by atoms with Crippen LogP contribution >= 0.6 is 0 Å². The van der Waals surface area contributed by atoms with Gasteiger partial charge < -0.3 is 14.5 Å². The van der Waals surface area contributed by atoms with Crippen LogP contribution in [0, 0.1) is 0 Å². The predicted octanol–water partition coefficient (Wildman–Crippen LogP) is 3.95. The molecule has 0 aliphatic rings. The Morgan fingerprint density at radius 3 is 2.60 bits per heavy atom. The maximum Gasteiger partial charge on any atom is 0.433 e. The Bertz CT molecular complexity index is 1180. The second-order valence-corrected chi connectivity index (χ2v) is 6.33. The molecule has 1 amide bonds. The molecule has 0 radical (unpaired) electrons. The van der Waals surface area contributed by atoms with Crippen molar-refractivity contribution in [3.05, 3.63) is 71.7 Å². The number of amides is 1. The van der Waals surface area contributed by atoms with Gasteiger partial charge >= 0.3 is 6.18 Å². The largest absolute Gasteiger partial charge is 0.497 e. The Kier molecular flexibility index (Phi) is 4.90. The molecule has 0 saturated heterocycles. The van der Waals surface area contributed by atoms with Crippen LogP contribution in [0.25, 0.3) is 17.1 Å². The molecule has 1 N–H and O–H groups in total. The van der Waals surface area contributed by atoms with Crippen LogP contribution in [0.15, 0.2) is 59.2 Å². The van der Waals surface area contributed by atoms with Gasteiger partial charge in [0.15, 0.2) is 22.8 Å². The van der Waals surface area contributed by atoms with Crippen LogP contribution < -0.4 is 10.1 Å². The zero-order chi connectivity index (χ0) is 21.3. The predicted molar refractivity (Wildman–Crippen MR) is 99.9 cm³/mol. The monoisotopic (exact) mass is 416 g/mol. The third kappa shape index (κ3) is 3.84. The highest BCUT2D eigenvalue weighted by atomic mass is 19.4. The molecule has 4 rings (SSSR count). The number of fused-ring (bicyclic) bond motifs is 1. The molecule has 3 aromatic heterocycles. The minimum atomic E-state index is -4.70. The molecule has 0 saturated carbocycles. The van der Waals surface area contributed by atoms with E-state index < -0.39 is 17.8 Å². The molecule has 0 unspecified atom stereocenters. The summed E-state index contributed by atoms with van der Waals surface area (Å²) in [6.07, 6.45) is -3.37. The number of hydrogen-bond acceptors (Lipinski definition) is 5. The second kappa shape index (κ2) is 7.54. The van der Waals surface area contributed by atoms with Crippen LogP contribution in [-0.4, -0.2) is 27.6 Å². The van der Waals surface area contributed by atoms with E-state index in [1.165, 1.54) is 18.4 Å². The lowest BCUT2D eigenvalue weighted by Crippen LogP contribution is -2.23. The van der Waals surface area contributed by atoms with Crippen LogP contribution in [0.4, 0.5) is 13.2 Å². The van der Waals surface area contributed by atoms with E-state index in [0.29, 0.717) is 10.3 Å². The van der Waals surface area contributed by atoms with E-state index in [1.807, 2.05) is 0 Å². The molecule has 0 bridgehead atoms. The van der Waals surface area contributed by atoms with Crippen LogP contribution in [0.1, 0.15) is 21.7 Å². The summed E-state index contributed by atoms with van der Waals surface area (Å²) in [4.78, 5) is 16.6. The minimum Gasteiger partial charge on any atom is -0.497 e. The van der Waals surface area contributed by atoms with E-state index in [4.69, 9.17) is 9.15 Å². The van der Waals surface area contributed by atoms with E-state index in [1.54, 1.807) is 37.4 Å². The van der Waals surface area contributed by atoms with Crippen LogP contribution in [0.3, 0.4) is 0 Å². The van der Waals surface area contributed by atoms with Gasteiger partial charge in [-0.05, 0) is 35.9 Å². The van der Waals surface area contributed by atoms with Crippen LogP contribution in [0.5, 0.6) is 5.75 Å². The van der Waals surface area contributed by atoms with Gasteiger partial charge in [0.1, 0.15) is 11.4 Å². The van der Waals surface area contributed by atoms with Crippen molar-refractivity contribution in [1.29, 1.82) is 0 Å². The second-order valence-electron chi connectivity index (χ2n) is 6.33. The number of hydrogen-bond donors (Lipinski definition) is 1. The number of aromatic nitrogens is 3. The van der Waals surface area contributed by atoms with Gasteiger partial charge in [0.2, 0.25) is 0 Å². The van der Waals surface area contributed by atoms with Gasteiger partial charge in [0.25, 0.3) is 5.91 Å². The van der Waals surface area contributed by atoms with E-state index in [9.17, 15) is 18.0 Å². The fraction of sp³-hybridized carbons (Fsp3) is 0.150. The average Bonchev–Trinajstić information content (AvgIpc) is 3.40. The summed E-state index contributed by atoms with van der Waals surface area (Å²) < 4.78 is 51.5. The number of alkyl halides is 3. The number of carbonyl (C=O) groups excluding carboxylic acids is 1. The molecule has 4 aromatic rings. The number of benzene rings is 1. The first-order valence-electron chi connectivity index (χ1n) is 8.78. The lowest BCUT2D eigenvalue weighted by molar-refractivity contribution is -0.142. The number of furan rings is 1. The molecule has 0 fully saturated rings. The Balaban J connectivity index is 1.63. The fourth-order valence-electron chi connectivity index (χ4n) is 2.85. The van der Waals surface area contributed by atoms with Crippen molar-refractivity contribution in [2.45, 2.75) is 12.7 Å². The normalized spacial score (nSPS) is 11.6. The minimum absolute atomic E-state index is 0.00934. The number of halogens is 3. The van der Waals surface area contributed by atoms with Crippen LogP contribution in [-0.2, 0) is 12.7 Å². The first-order chi connectivity index (χ1) is 14.3. The highest BCUT2D eigenvalue weighted by molar-refractivity contribution is 5.93. The maximum atomic E-state index is 13.6. The molecule has 0 atom stereocenters. The van der Waals surface area contributed by atoms with Crippen molar-refractivity contribution in [3.63, 3.8) is 0 Å². The summed E-state index contributed by atoms with van der Waals surface area (Å²) >= 11 is 0. The number of methoxy groups -OCH3 is 1. The lowest BCUT2D eigenvalue weighted by Gasteiger charge is -2.09. The Labute approximate surface area is 168 Å². The van der Waals surface area contributed by atoms with Crippen molar-refractivity contribution in [2.24, 2.45) is 0 Å². The fourth-order valence-corrected chi connectivity index (χ4v) is 2.85. The molecule has 154 valence electrons. The zero-order valence-corrected chi connectivity index (χ0v) is 15.6. The highest BCUT2D eigenvalue weighted by Crippen LogP contribution is 2.32. The molecule has 0 aliphatic carbocycles. The van der Waals surface area contributed by atoms with Crippen LogP contribution in [0.2, 0.25) is 0 Å². The quantitative estimate of drug-likeness (QED) is 0.533. The summed E-state index contributed by atoms with van der Waals surface area (Å²) in [5.74, 6) is 0.224. The zero-order valence-electron chi connectivity index (χ0n) is 15.6. The van der Waals surface area contributed by atoms with E-state index in [2.05, 4.69) is 15.4 Å². The van der Waals surface area contributed by atoms with Gasteiger partial charge in [-0.15, -0.1) is 0 Å². The SMILES string of the molecule is COc1ccc(CNC(=O)c2cc3nc(-c4ccco4)cc(C(F)(F)F)n3n2)cc1. The lowest BCUT2D eigenvalue weighted by atomic mass is 10.2. The summed E-state index contributed by atoms with van der Waals surface area (Å²) in [5.41, 5.74) is -0.580. The van der Waals surface area contributed by atoms with Gasteiger partial charge in [0.05, 0.1) is 13.4 Å². The molecule has 3 heterocycles. The molecular formula is C20H15F3N4O3. The first kappa shape index (κ1) is 19.5. The summed E-state index contributed by atoms with van der Waals surface area (Å²) in [6, 6.07) is 12.1. The number of nitrogens with one attached hydrogen (secondary N) is 1. The van der Waals surface area contributed by atoms with Gasteiger partial charge in [-0.1, -0.05) is 12.1 Å². The third-order valence-corrected chi connectivity index (χ3v) is 4.34. The molecule has 0 spiro atoms. The van der Waals surface area contributed by atoms with E-state index in [-0.39, 0.29) is 29.3 Å². The third-order valence-electron chi connectivity index (χ3n) is 4.34. The Hall–Kier alpha value is -3.82. The van der Waals surface area contributed by atoms with Gasteiger partial charge in [0, 0.05) is 12.6 Å². The average molecular weight is 416 g/mol. The Morgan fingerprint density at radius 1 is 1.20 bits per heavy atom. The van der Waals surface area contributed by atoms with Crippen molar-refractivity contribution >= 4 is 11.6 Å². The van der Waals surface area contributed by atoms with Gasteiger partial charge in [-0.2, -0.15) is 18.3 Å². The molecule has 0 aliphatic heterocycles.